The number of carbonyl (C=O) groups excluding carboxylic acids is 3. The molecule has 0 radical (unpaired) electrons. The van der Waals surface area contributed by atoms with Crippen molar-refractivity contribution in [2.24, 2.45) is 0 Å². The Morgan fingerprint density at radius 2 is 1.70 bits per heavy atom. The van der Waals surface area contributed by atoms with Crippen molar-refractivity contribution in [1.82, 2.24) is 16.2 Å². The van der Waals surface area contributed by atoms with Crippen LogP contribution in [0.2, 0.25) is 0 Å². The maximum absolute atomic E-state index is 12.2. The molecule has 2 aromatic carbocycles. The van der Waals surface area contributed by atoms with E-state index in [1.165, 1.54) is 25.1 Å². The monoisotopic (exact) mass is 414 g/mol. The van der Waals surface area contributed by atoms with E-state index in [9.17, 15) is 24.5 Å². The lowest BCUT2D eigenvalue weighted by Gasteiger charge is -2.15. The highest BCUT2D eigenvalue weighted by Crippen LogP contribution is 2.21. The van der Waals surface area contributed by atoms with Crippen molar-refractivity contribution in [2.75, 3.05) is 6.61 Å². The number of hydrazine groups is 1. The van der Waals surface area contributed by atoms with Crippen LogP contribution in [0.4, 0.5) is 5.69 Å². The fraction of sp³-hybridized carbons (Fsp3) is 0.250. The van der Waals surface area contributed by atoms with Gasteiger partial charge in [0, 0.05) is 17.7 Å². The number of nitrogens with zero attached hydrogens (tertiary/aromatic N) is 1. The molecule has 10 heteroatoms. The van der Waals surface area contributed by atoms with Crippen LogP contribution in [0.3, 0.4) is 0 Å². The number of nitro groups is 1. The molecule has 0 aromatic heterocycles. The first kappa shape index (κ1) is 22.3. The van der Waals surface area contributed by atoms with Gasteiger partial charge in [-0.2, -0.15) is 0 Å². The van der Waals surface area contributed by atoms with Crippen molar-refractivity contribution < 1.29 is 24.0 Å². The molecular weight excluding hydrogens is 392 g/mol. The van der Waals surface area contributed by atoms with E-state index in [4.69, 9.17) is 4.74 Å². The molecule has 0 saturated heterocycles. The van der Waals surface area contributed by atoms with E-state index >= 15 is 0 Å². The van der Waals surface area contributed by atoms with Gasteiger partial charge in [-0.3, -0.25) is 35.3 Å². The van der Waals surface area contributed by atoms with Gasteiger partial charge in [-0.05, 0) is 38.0 Å². The minimum absolute atomic E-state index is 0.0369. The first-order valence-electron chi connectivity index (χ1n) is 9.02. The number of hydrogen-bond donors (Lipinski definition) is 3. The van der Waals surface area contributed by atoms with Crippen LogP contribution in [0.25, 0.3) is 0 Å². The lowest BCUT2D eigenvalue weighted by atomic mass is 10.1. The molecule has 30 heavy (non-hydrogen) atoms. The van der Waals surface area contributed by atoms with Gasteiger partial charge in [0.15, 0.2) is 6.61 Å². The number of nitrogens with one attached hydrogen (secondary N) is 3. The third-order valence-electron chi connectivity index (χ3n) is 4.14. The fourth-order valence-electron chi connectivity index (χ4n) is 2.55. The standard InChI is InChI=1S/C20H22N4O6/c1-12-6-4-7-13(2)18(12)30-11-17(25)22-23-19(26)14(3)21-20(27)15-8-5-9-16(10-15)24(28)29/h4-10,14H,11H2,1-3H3,(H,21,27)(H,22,25)(H,23,26)/t14-/m0/s1. The first-order chi connectivity index (χ1) is 14.2. The van der Waals surface area contributed by atoms with Crippen molar-refractivity contribution in [1.29, 1.82) is 0 Å². The number of ether oxygens (including phenoxy) is 1. The van der Waals surface area contributed by atoms with Crippen molar-refractivity contribution in [2.45, 2.75) is 26.8 Å². The van der Waals surface area contributed by atoms with Crippen LogP contribution in [-0.2, 0) is 9.59 Å². The molecule has 2 aromatic rings. The van der Waals surface area contributed by atoms with E-state index in [1.807, 2.05) is 32.0 Å². The van der Waals surface area contributed by atoms with Crippen molar-refractivity contribution >= 4 is 23.4 Å². The number of rotatable bonds is 7. The summed E-state index contributed by atoms with van der Waals surface area (Å²) in [6, 6.07) is 9.70. The molecule has 0 bridgehead atoms. The molecule has 1 atom stereocenters. The fourth-order valence-corrected chi connectivity index (χ4v) is 2.55. The molecule has 0 unspecified atom stereocenters. The zero-order valence-electron chi connectivity index (χ0n) is 16.7. The Morgan fingerprint density at radius 1 is 1.07 bits per heavy atom. The number of para-hydroxylation sites is 1. The van der Waals surface area contributed by atoms with Crippen molar-refractivity contribution in [3.63, 3.8) is 0 Å². The number of hydrogen-bond acceptors (Lipinski definition) is 6. The summed E-state index contributed by atoms with van der Waals surface area (Å²) in [6.07, 6.45) is 0. The maximum atomic E-state index is 12.2. The number of aryl methyl sites for hydroxylation is 2. The molecule has 0 aliphatic carbocycles. The molecule has 0 spiro atoms. The van der Waals surface area contributed by atoms with E-state index < -0.39 is 28.7 Å². The van der Waals surface area contributed by atoms with Gasteiger partial charge in [-0.1, -0.05) is 24.3 Å². The highest BCUT2D eigenvalue weighted by molar-refractivity contribution is 5.98. The second kappa shape index (κ2) is 10.0. The van der Waals surface area contributed by atoms with E-state index in [0.29, 0.717) is 5.75 Å². The van der Waals surface area contributed by atoms with E-state index in [-0.39, 0.29) is 17.9 Å². The normalized spacial score (nSPS) is 11.2. The maximum Gasteiger partial charge on any atom is 0.276 e. The Bertz CT molecular complexity index is 955. The molecule has 0 fully saturated rings. The molecule has 10 nitrogen and oxygen atoms in total. The molecule has 0 aliphatic rings. The molecule has 3 amide bonds. The molecule has 0 aliphatic heterocycles. The Kier molecular flexibility index (Phi) is 7.45. The van der Waals surface area contributed by atoms with Gasteiger partial charge in [0.25, 0.3) is 23.4 Å². The van der Waals surface area contributed by atoms with E-state index in [1.54, 1.807) is 0 Å². The summed E-state index contributed by atoms with van der Waals surface area (Å²) in [6.45, 7) is 4.81. The number of nitro benzene ring substituents is 1. The molecule has 2 rings (SSSR count). The Morgan fingerprint density at radius 3 is 2.33 bits per heavy atom. The van der Waals surface area contributed by atoms with Crippen LogP contribution in [0, 0.1) is 24.0 Å². The second-order valence-corrected chi connectivity index (χ2v) is 6.55. The molecular formula is C20H22N4O6. The van der Waals surface area contributed by atoms with Gasteiger partial charge in [0.1, 0.15) is 11.8 Å². The summed E-state index contributed by atoms with van der Waals surface area (Å²) in [5, 5.41) is 13.2. The zero-order chi connectivity index (χ0) is 22.3. The van der Waals surface area contributed by atoms with Gasteiger partial charge in [-0.15, -0.1) is 0 Å². The molecule has 158 valence electrons. The first-order valence-corrected chi connectivity index (χ1v) is 9.02. The summed E-state index contributed by atoms with van der Waals surface area (Å²) in [4.78, 5) is 46.3. The minimum atomic E-state index is -1.00. The van der Waals surface area contributed by atoms with Crippen LogP contribution in [0.1, 0.15) is 28.4 Å². The lowest BCUT2D eigenvalue weighted by molar-refractivity contribution is -0.384. The average Bonchev–Trinajstić information content (AvgIpc) is 2.71. The summed E-state index contributed by atoms with van der Waals surface area (Å²) >= 11 is 0. The summed E-state index contributed by atoms with van der Waals surface area (Å²) in [7, 11) is 0. The van der Waals surface area contributed by atoms with E-state index in [2.05, 4.69) is 16.2 Å². The number of carbonyl (C=O) groups is 3. The lowest BCUT2D eigenvalue weighted by Crippen LogP contribution is -2.52. The third kappa shape index (κ3) is 6.03. The van der Waals surface area contributed by atoms with Gasteiger partial charge >= 0.3 is 0 Å². The van der Waals surface area contributed by atoms with Gasteiger partial charge in [-0.25, -0.2) is 0 Å². The third-order valence-corrected chi connectivity index (χ3v) is 4.14. The number of benzene rings is 2. The van der Waals surface area contributed by atoms with Gasteiger partial charge in [0.2, 0.25) is 0 Å². The molecule has 0 saturated carbocycles. The van der Waals surface area contributed by atoms with Gasteiger partial charge < -0.3 is 10.1 Å². The highest BCUT2D eigenvalue weighted by Gasteiger charge is 2.19. The topological polar surface area (TPSA) is 140 Å². The van der Waals surface area contributed by atoms with Crippen LogP contribution >= 0.6 is 0 Å². The zero-order valence-corrected chi connectivity index (χ0v) is 16.7. The number of non-ortho nitro benzene ring substituents is 1. The summed E-state index contributed by atoms with van der Waals surface area (Å²) < 4.78 is 5.49. The smallest absolute Gasteiger partial charge is 0.276 e. The number of amides is 3. The van der Waals surface area contributed by atoms with Crippen LogP contribution in [-0.4, -0.2) is 35.3 Å². The summed E-state index contributed by atoms with van der Waals surface area (Å²) in [5.41, 5.74) is 5.95. The molecule has 0 heterocycles. The molecule has 3 N–H and O–H groups in total. The predicted octanol–water partition coefficient (Wildman–Crippen LogP) is 1.56. The van der Waals surface area contributed by atoms with E-state index in [0.717, 1.165) is 17.2 Å². The predicted molar refractivity (Wildman–Crippen MR) is 108 cm³/mol. The van der Waals surface area contributed by atoms with Crippen LogP contribution in [0.15, 0.2) is 42.5 Å². The van der Waals surface area contributed by atoms with Crippen LogP contribution in [0.5, 0.6) is 5.75 Å². The Balaban J connectivity index is 1.82. The van der Waals surface area contributed by atoms with Crippen molar-refractivity contribution in [3.8, 4) is 5.75 Å². The quantitative estimate of drug-likeness (QED) is 0.464. The SMILES string of the molecule is Cc1cccc(C)c1OCC(=O)NNC(=O)[C@H](C)NC(=O)c1cccc([N+](=O)[O-])c1. The largest absolute Gasteiger partial charge is 0.483 e. The average molecular weight is 414 g/mol. The van der Waals surface area contributed by atoms with Gasteiger partial charge in [0.05, 0.1) is 4.92 Å². The Labute approximate surface area is 172 Å². The minimum Gasteiger partial charge on any atom is -0.483 e. The second-order valence-electron chi connectivity index (χ2n) is 6.55. The summed E-state index contributed by atoms with van der Waals surface area (Å²) in [5.74, 6) is -1.32. The van der Waals surface area contributed by atoms with Crippen LogP contribution < -0.4 is 20.9 Å². The highest BCUT2D eigenvalue weighted by atomic mass is 16.6. The Hall–Kier alpha value is -3.95. The van der Waals surface area contributed by atoms with Crippen molar-refractivity contribution in [3.05, 3.63) is 69.3 Å².